The lowest BCUT2D eigenvalue weighted by Crippen LogP contribution is -2.48. The first-order valence-electron chi connectivity index (χ1n) is 5.98. The Bertz CT molecular complexity index is 466. The van der Waals surface area contributed by atoms with Crippen molar-refractivity contribution < 1.29 is 4.79 Å². The summed E-state index contributed by atoms with van der Waals surface area (Å²) in [5.41, 5.74) is 6.79. The molecule has 1 saturated heterocycles. The summed E-state index contributed by atoms with van der Waals surface area (Å²) >= 11 is 7.98. The quantitative estimate of drug-likeness (QED) is 0.807. The first-order valence-corrected chi connectivity index (χ1v) is 7.41. The van der Waals surface area contributed by atoms with E-state index in [1.807, 2.05) is 16.7 Å². The number of benzene rings is 1. The van der Waals surface area contributed by atoms with Crippen LogP contribution in [0.5, 0.6) is 0 Å². The minimum Gasteiger partial charge on any atom is -0.399 e. The molecule has 1 fully saturated rings. The molecule has 1 heterocycles. The van der Waals surface area contributed by atoms with E-state index in [0.717, 1.165) is 12.3 Å². The number of rotatable bonds is 1. The Hall–Kier alpha value is -0.870. The zero-order valence-electron chi connectivity index (χ0n) is 10.5. The van der Waals surface area contributed by atoms with E-state index < -0.39 is 0 Å². The summed E-state index contributed by atoms with van der Waals surface area (Å²) in [4.78, 5) is 14.4. The molecule has 1 aromatic rings. The van der Waals surface area contributed by atoms with Gasteiger partial charge in [0.1, 0.15) is 0 Å². The van der Waals surface area contributed by atoms with Crippen LogP contribution in [0.1, 0.15) is 24.2 Å². The van der Waals surface area contributed by atoms with Gasteiger partial charge in [0.25, 0.3) is 5.91 Å². The average molecular weight is 285 g/mol. The molecule has 2 rings (SSSR count). The van der Waals surface area contributed by atoms with Crippen molar-refractivity contribution >= 4 is 35.0 Å². The van der Waals surface area contributed by atoms with Gasteiger partial charge in [-0.05, 0) is 25.1 Å². The lowest BCUT2D eigenvalue weighted by Gasteiger charge is -2.37. The number of thioether (sulfide) groups is 1. The molecule has 1 aromatic carbocycles. The molecular formula is C13H17ClN2OS. The predicted octanol–water partition coefficient (Wildman–Crippen LogP) is 2.89. The van der Waals surface area contributed by atoms with Gasteiger partial charge in [-0.25, -0.2) is 0 Å². The fourth-order valence-electron chi connectivity index (χ4n) is 2.08. The van der Waals surface area contributed by atoms with Crippen LogP contribution in [0.2, 0.25) is 5.02 Å². The highest BCUT2D eigenvalue weighted by atomic mass is 35.5. The van der Waals surface area contributed by atoms with Crippen molar-refractivity contribution in [2.24, 2.45) is 0 Å². The van der Waals surface area contributed by atoms with Gasteiger partial charge < -0.3 is 10.6 Å². The maximum Gasteiger partial charge on any atom is 0.255 e. The molecule has 5 heteroatoms. The summed E-state index contributed by atoms with van der Waals surface area (Å²) < 4.78 is 0. The van der Waals surface area contributed by atoms with Gasteiger partial charge in [0.2, 0.25) is 0 Å². The van der Waals surface area contributed by atoms with Crippen LogP contribution in [0.15, 0.2) is 18.2 Å². The third kappa shape index (κ3) is 2.59. The average Bonchev–Trinajstić information content (AvgIpc) is 2.35. The Balaban J connectivity index is 2.27. The van der Waals surface area contributed by atoms with Gasteiger partial charge in [0, 0.05) is 29.3 Å². The first-order chi connectivity index (χ1) is 8.50. The number of halogens is 1. The summed E-state index contributed by atoms with van der Waals surface area (Å²) in [6.07, 6.45) is 0. The number of nitrogens with two attached hydrogens (primary N) is 1. The monoisotopic (exact) mass is 284 g/mol. The third-order valence-corrected chi connectivity index (χ3v) is 5.03. The van der Waals surface area contributed by atoms with Gasteiger partial charge >= 0.3 is 0 Å². The van der Waals surface area contributed by atoms with Gasteiger partial charge in [-0.15, -0.1) is 0 Å². The zero-order valence-corrected chi connectivity index (χ0v) is 12.1. The number of hydrogen-bond donors (Lipinski definition) is 1. The molecule has 1 aliphatic rings. The number of nitrogens with zero attached hydrogens (tertiary/aromatic N) is 1. The van der Waals surface area contributed by atoms with Crippen LogP contribution < -0.4 is 5.73 Å². The van der Waals surface area contributed by atoms with Crippen LogP contribution >= 0.6 is 23.4 Å². The van der Waals surface area contributed by atoms with Crippen LogP contribution in [-0.4, -0.2) is 34.4 Å². The Morgan fingerprint density at radius 2 is 2.22 bits per heavy atom. The molecule has 0 saturated carbocycles. The SMILES string of the molecule is CC1SCCN(C(=O)c2cc(N)ccc2Cl)C1C. The van der Waals surface area contributed by atoms with E-state index in [-0.39, 0.29) is 11.9 Å². The lowest BCUT2D eigenvalue weighted by atomic mass is 10.1. The molecule has 2 N–H and O–H groups in total. The molecule has 0 spiro atoms. The number of anilines is 1. The van der Waals surface area contributed by atoms with Crippen molar-refractivity contribution in [3.05, 3.63) is 28.8 Å². The largest absolute Gasteiger partial charge is 0.399 e. The Morgan fingerprint density at radius 3 is 2.94 bits per heavy atom. The van der Waals surface area contributed by atoms with Gasteiger partial charge in [0.05, 0.1) is 10.6 Å². The number of hydrogen-bond acceptors (Lipinski definition) is 3. The molecule has 98 valence electrons. The number of nitrogen functional groups attached to an aromatic ring is 1. The standard InChI is InChI=1S/C13H17ClN2OS/c1-8-9(2)18-6-5-16(8)13(17)11-7-10(15)3-4-12(11)14/h3-4,7-9H,5-6,15H2,1-2H3. The molecule has 18 heavy (non-hydrogen) atoms. The molecule has 2 atom stereocenters. The maximum atomic E-state index is 12.5. The molecule has 0 aliphatic carbocycles. The van der Waals surface area contributed by atoms with Crippen LogP contribution in [0.4, 0.5) is 5.69 Å². The van der Waals surface area contributed by atoms with Crippen molar-refractivity contribution in [2.75, 3.05) is 18.0 Å². The summed E-state index contributed by atoms with van der Waals surface area (Å²) in [5, 5.41) is 0.912. The second-order valence-corrected chi connectivity index (χ2v) is 6.45. The van der Waals surface area contributed by atoms with E-state index in [1.165, 1.54) is 0 Å². The number of carbonyl (C=O) groups is 1. The molecule has 0 radical (unpaired) electrons. The maximum absolute atomic E-state index is 12.5. The van der Waals surface area contributed by atoms with Crippen LogP contribution in [-0.2, 0) is 0 Å². The Kier molecular flexibility index (Phi) is 4.07. The van der Waals surface area contributed by atoms with E-state index in [9.17, 15) is 4.79 Å². The Morgan fingerprint density at radius 1 is 1.50 bits per heavy atom. The van der Waals surface area contributed by atoms with E-state index in [1.54, 1.807) is 18.2 Å². The first kappa shape index (κ1) is 13.6. The fraction of sp³-hybridized carbons (Fsp3) is 0.462. The van der Waals surface area contributed by atoms with Crippen LogP contribution in [0, 0.1) is 0 Å². The van der Waals surface area contributed by atoms with Crippen molar-refractivity contribution in [1.29, 1.82) is 0 Å². The summed E-state index contributed by atoms with van der Waals surface area (Å²) in [7, 11) is 0. The fourth-order valence-corrected chi connectivity index (χ4v) is 3.38. The molecule has 1 amide bonds. The molecule has 0 bridgehead atoms. The van der Waals surface area contributed by atoms with E-state index >= 15 is 0 Å². The minimum atomic E-state index is -0.0213. The van der Waals surface area contributed by atoms with Crippen LogP contribution in [0.3, 0.4) is 0 Å². The van der Waals surface area contributed by atoms with E-state index in [2.05, 4.69) is 13.8 Å². The van der Waals surface area contributed by atoms with Gasteiger partial charge in [-0.3, -0.25) is 4.79 Å². The topological polar surface area (TPSA) is 46.3 Å². The van der Waals surface area contributed by atoms with Crippen molar-refractivity contribution in [2.45, 2.75) is 25.1 Å². The zero-order chi connectivity index (χ0) is 13.3. The van der Waals surface area contributed by atoms with Crippen molar-refractivity contribution in [1.82, 2.24) is 4.90 Å². The highest BCUT2D eigenvalue weighted by Crippen LogP contribution is 2.28. The summed E-state index contributed by atoms with van der Waals surface area (Å²) in [6.45, 7) is 4.99. The van der Waals surface area contributed by atoms with Gasteiger partial charge in [-0.2, -0.15) is 11.8 Å². The number of amides is 1. The normalized spacial score (nSPS) is 24.1. The summed E-state index contributed by atoms with van der Waals surface area (Å²) in [5.74, 6) is 0.948. The van der Waals surface area contributed by atoms with Gasteiger partial charge in [-0.1, -0.05) is 18.5 Å². The minimum absolute atomic E-state index is 0.0213. The third-order valence-electron chi connectivity index (χ3n) is 3.37. The smallest absolute Gasteiger partial charge is 0.255 e. The van der Waals surface area contributed by atoms with Crippen molar-refractivity contribution in [3.63, 3.8) is 0 Å². The van der Waals surface area contributed by atoms with Crippen LogP contribution in [0.25, 0.3) is 0 Å². The highest BCUT2D eigenvalue weighted by molar-refractivity contribution is 8.00. The molecule has 3 nitrogen and oxygen atoms in total. The summed E-state index contributed by atoms with van der Waals surface area (Å²) in [6, 6.07) is 5.26. The molecular weight excluding hydrogens is 268 g/mol. The second kappa shape index (κ2) is 5.41. The molecule has 0 aromatic heterocycles. The highest BCUT2D eigenvalue weighted by Gasteiger charge is 2.30. The predicted molar refractivity (Wildman–Crippen MR) is 78.3 cm³/mol. The molecule has 1 aliphatic heterocycles. The number of carbonyl (C=O) groups excluding carboxylic acids is 1. The van der Waals surface area contributed by atoms with E-state index in [4.69, 9.17) is 17.3 Å². The Labute approximate surface area is 117 Å². The molecule has 2 unspecified atom stereocenters. The second-order valence-electron chi connectivity index (χ2n) is 4.55. The van der Waals surface area contributed by atoms with Gasteiger partial charge in [0.15, 0.2) is 0 Å². The van der Waals surface area contributed by atoms with E-state index in [0.29, 0.717) is 21.5 Å². The lowest BCUT2D eigenvalue weighted by molar-refractivity contribution is 0.0698. The van der Waals surface area contributed by atoms with Crippen molar-refractivity contribution in [3.8, 4) is 0 Å².